The molecule has 0 aromatic heterocycles. The van der Waals surface area contributed by atoms with Crippen LogP contribution in [-0.4, -0.2) is 40.7 Å². The molecular formula is C24H25NO6S. The Hall–Kier alpha value is -2.97. The van der Waals surface area contributed by atoms with Crippen molar-refractivity contribution < 1.29 is 29.1 Å². The molecule has 0 unspecified atom stereocenters. The average Bonchev–Trinajstić information content (AvgIpc) is 2.79. The van der Waals surface area contributed by atoms with E-state index in [2.05, 4.69) is 9.99 Å². The van der Waals surface area contributed by atoms with Crippen LogP contribution >= 0.6 is 11.8 Å². The highest BCUT2D eigenvalue weighted by atomic mass is 32.2. The van der Waals surface area contributed by atoms with Crippen molar-refractivity contribution in [3.8, 4) is 0 Å². The highest BCUT2D eigenvalue weighted by molar-refractivity contribution is 7.99. The molecule has 1 saturated carbocycles. The molecule has 1 N–H and O–H groups in total. The van der Waals surface area contributed by atoms with E-state index < -0.39 is 5.97 Å². The lowest BCUT2D eigenvalue weighted by Gasteiger charge is -2.25. The molecule has 0 heterocycles. The molecular weight excluding hydrogens is 430 g/mol. The van der Waals surface area contributed by atoms with Crippen molar-refractivity contribution in [2.45, 2.75) is 61.5 Å². The van der Waals surface area contributed by atoms with Gasteiger partial charge in [0, 0.05) is 22.3 Å². The second-order valence-electron chi connectivity index (χ2n) is 7.58. The zero-order valence-corrected chi connectivity index (χ0v) is 18.8. The van der Waals surface area contributed by atoms with Gasteiger partial charge in [-0.25, -0.2) is 9.59 Å². The molecule has 1 fully saturated rings. The van der Waals surface area contributed by atoms with E-state index in [-0.39, 0.29) is 29.7 Å². The van der Waals surface area contributed by atoms with E-state index in [1.807, 2.05) is 24.3 Å². The van der Waals surface area contributed by atoms with Gasteiger partial charge in [0.05, 0.1) is 11.7 Å². The zero-order valence-electron chi connectivity index (χ0n) is 17.9. The first-order valence-electron chi connectivity index (χ1n) is 10.4. The van der Waals surface area contributed by atoms with Crippen molar-refractivity contribution in [3.05, 3.63) is 59.7 Å². The lowest BCUT2D eigenvalue weighted by Crippen LogP contribution is -2.26. The lowest BCUT2D eigenvalue weighted by atomic mass is 9.95. The van der Waals surface area contributed by atoms with Gasteiger partial charge in [0.1, 0.15) is 11.8 Å². The predicted octanol–water partition coefficient (Wildman–Crippen LogP) is 4.42. The number of Topliss-reactive ketones (excluding diaryl/α,β-unsaturated/α-hetero) is 1. The number of hydrogen-bond acceptors (Lipinski definition) is 8. The molecule has 2 aromatic carbocycles. The number of rotatable bonds is 7. The Labute approximate surface area is 190 Å². The number of hydrogen-bond donors (Lipinski definition) is 1. The summed E-state index contributed by atoms with van der Waals surface area (Å²) in [4.78, 5) is 41.8. The number of carbonyl (C=O) groups excluding carboxylic acids is 3. The minimum absolute atomic E-state index is 0.0903. The maximum Gasteiger partial charge on any atom is 0.338 e. The second kappa shape index (κ2) is 11.1. The Balaban J connectivity index is 1.56. The summed E-state index contributed by atoms with van der Waals surface area (Å²) in [6, 6.07) is 14.2. The van der Waals surface area contributed by atoms with Crippen molar-refractivity contribution in [2.24, 2.45) is 5.16 Å². The van der Waals surface area contributed by atoms with Crippen LogP contribution in [0.5, 0.6) is 0 Å². The Bertz CT molecular complexity index is 992. The number of benzene rings is 2. The minimum Gasteiger partial charge on any atom is -0.459 e. The summed E-state index contributed by atoms with van der Waals surface area (Å²) < 4.78 is 5.54. The third-order valence-electron chi connectivity index (χ3n) is 5.00. The van der Waals surface area contributed by atoms with Crippen molar-refractivity contribution in [1.29, 1.82) is 0 Å². The normalized spacial score (nSPS) is 18.7. The van der Waals surface area contributed by atoms with Gasteiger partial charge in [-0.1, -0.05) is 16.9 Å². The van der Waals surface area contributed by atoms with Crippen LogP contribution in [0.2, 0.25) is 0 Å². The number of ketones is 1. The highest BCUT2D eigenvalue weighted by Crippen LogP contribution is 2.29. The molecule has 3 rings (SSSR count). The van der Waals surface area contributed by atoms with Gasteiger partial charge in [-0.3, -0.25) is 4.79 Å². The van der Waals surface area contributed by atoms with Gasteiger partial charge < -0.3 is 14.7 Å². The van der Waals surface area contributed by atoms with Gasteiger partial charge in [0.15, 0.2) is 0 Å². The number of carbonyl (C=O) groups is 3. The van der Waals surface area contributed by atoms with Crippen molar-refractivity contribution in [1.82, 2.24) is 0 Å². The van der Waals surface area contributed by atoms with Gasteiger partial charge in [0.2, 0.25) is 5.78 Å². The van der Waals surface area contributed by atoms with E-state index in [1.165, 1.54) is 25.6 Å². The average molecular weight is 456 g/mol. The van der Waals surface area contributed by atoms with Gasteiger partial charge in [-0.2, -0.15) is 0 Å². The summed E-state index contributed by atoms with van der Waals surface area (Å²) >= 11 is 1.50. The van der Waals surface area contributed by atoms with E-state index in [0.29, 0.717) is 36.8 Å². The molecule has 0 aliphatic heterocycles. The summed E-state index contributed by atoms with van der Waals surface area (Å²) in [5.74, 6) is -1.26. The monoisotopic (exact) mass is 455 g/mol. The predicted molar refractivity (Wildman–Crippen MR) is 120 cm³/mol. The quantitative estimate of drug-likeness (QED) is 0.217. The molecule has 32 heavy (non-hydrogen) atoms. The van der Waals surface area contributed by atoms with Crippen LogP contribution in [0, 0.1) is 0 Å². The molecule has 1 aliphatic rings. The lowest BCUT2D eigenvalue weighted by molar-refractivity contribution is -0.140. The van der Waals surface area contributed by atoms with E-state index >= 15 is 0 Å². The molecule has 168 valence electrons. The molecule has 0 radical (unpaired) electrons. The minimum atomic E-state index is -0.586. The topological polar surface area (TPSA) is 102 Å². The van der Waals surface area contributed by atoms with Crippen molar-refractivity contribution in [3.63, 3.8) is 0 Å². The summed E-state index contributed by atoms with van der Waals surface area (Å²) in [6.45, 7) is 2.70. The van der Waals surface area contributed by atoms with Gasteiger partial charge in [-0.05, 0) is 81.1 Å². The van der Waals surface area contributed by atoms with E-state index in [4.69, 9.17) is 4.74 Å². The molecule has 0 spiro atoms. The first-order valence-corrected chi connectivity index (χ1v) is 11.2. The molecule has 0 atom stereocenters. The molecule has 1 aliphatic carbocycles. The van der Waals surface area contributed by atoms with Crippen LogP contribution < -0.4 is 0 Å². The molecule has 0 bridgehead atoms. The van der Waals surface area contributed by atoms with Crippen molar-refractivity contribution >= 4 is 35.2 Å². The Kier molecular flexibility index (Phi) is 8.19. The van der Waals surface area contributed by atoms with Crippen LogP contribution in [0.1, 0.15) is 60.2 Å². The maximum absolute atomic E-state index is 12.3. The number of oxime groups is 1. The fourth-order valence-corrected chi connectivity index (χ4v) is 4.05. The number of nitrogens with zero attached hydrogens (tertiary/aromatic N) is 1. The summed E-state index contributed by atoms with van der Waals surface area (Å²) in [5, 5.41) is 13.1. The molecule has 2 aromatic rings. The smallest absolute Gasteiger partial charge is 0.338 e. The number of esters is 1. The fourth-order valence-electron chi connectivity index (χ4n) is 3.24. The summed E-state index contributed by atoms with van der Waals surface area (Å²) in [7, 11) is 0. The first-order chi connectivity index (χ1) is 15.3. The number of aliphatic hydroxyl groups is 1. The van der Waals surface area contributed by atoms with E-state index in [9.17, 15) is 19.5 Å². The van der Waals surface area contributed by atoms with Crippen LogP contribution in [0.15, 0.2) is 63.5 Å². The fraction of sp³-hybridized carbons (Fsp3) is 0.333. The third-order valence-corrected chi connectivity index (χ3v) is 6.02. The maximum atomic E-state index is 12.3. The Morgan fingerprint density at radius 3 is 1.94 bits per heavy atom. The van der Waals surface area contributed by atoms with E-state index in [1.54, 1.807) is 24.3 Å². The SMILES string of the molecule is CC(=O)O/N=C(\C)C(=O)c1ccc(Sc2ccc(C(=O)OC3CCC(O)CC3)cc2)cc1. The molecule has 0 amide bonds. The summed E-state index contributed by atoms with van der Waals surface area (Å²) in [5.41, 5.74) is 1.02. The highest BCUT2D eigenvalue weighted by Gasteiger charge is 2.23. The van der Waals surface area contributed by atoms with Crippen LogP contribution in [0.25, 0.3) is 0 Å². The molecule has 0 saturated heterocycles. The standard InChI is InChI=1S/C24H25NO6S/c1-15(25-31-16(2)26)23(28)17-3-11-21(12-4-17)32-22-13-5-18(6-14-22)24(29)30-20-9-7-19(27)8-10-20/h3-6,11-14,19-20,27H,7-10H2,1-2H3/b25-15+. The molecule has 7 nitrogen and oxygen atoms in total. The first kappa shape index (κ1) is 23.7. The molecule has 8 heteroatoms. The zero-order chi connectivity index (χ0) is 23.1. The van der Waals surface area contributed by atoms with Gasteiger partial charge in [-0.15, -0.1) is 0 Å². The van der Waals surface area contributed by atoms with Crippen LogP contribution in [0.4, 0.5) is 0 Å². The second-order valence-corrected chi connectivity index (χ2v) is 8.72. The van der Waals surface area contributed by atoms with Crippen molar-refractivity contribution in [2.75, 3.05) is 0 Å². The number of ether oxygens (including phenoxy) is 1. The van der Waals surface area contributed by atoms with Crippen LogP contribution in [-0.2, 0) is 14.4 Å². The number of aliphatic hydroxyl groups excluding tert-OH is 1. The summed E-state index contributed by atoms with van der Waals surface area (Å²) in [6.07, 6.45) is 2.28. The van der Waals surface area contributed by atoms with Gasteiger partial charge >= 0.3 is 11.9 Å². The Morgan fingerprint density at radius 1 is 0.875 bits per heavy atom. The Morgan fingerprint density at radius 2 is 1.41 bits per heavy atom. The van der Waals surface area contributed by atoms with E-state index in [0.717, 1.165) is 9.79 Å². The third kappa shape index (κ3) is 6.77. The van der Waals surface area contributed by atoms with Crippen LogP contribution in [0.3, 0.4) is 0 Å². The van der Waals surface area contributed by atoms with Gasteiger partial charge in [0.25, 0.3) is 0 Å². The largest absolute Gasteiger partial charge is 0.459 e.